The summed E-state index contributed by atoms with van der Waals surface area (Å²) >= 11 is 0. The molecule has 0 amide bonds. The smallest absolute Gasteiger partial charge is 0.334 e. The molecule has 29 heavy (non-hydrogen) atoms. The summed E-state index contributed by atoms with van der Waals surface area (Å²) < 4.78 is 17.9. The van der Waals surface area contributed by atoms with Gasteiger partial charge in [-0.3, -0.25) is 0 Å². The Morgan fingerprint density at radius 3 is 2.21 bits per heavy atom. The molecule has 0 bridgehead atoms. The van der Waals surface area contributed by atoms with Crippen molar-refractivity contribution >= 4 is 11.9 Å². The zero-order valence-corrected chi connectivity index (χ0v) is 18.5. The molecule has 1 aliphatic heterocycles. The van der Waals surface area contributed by atoms with Crippen LogP contribution in [0.1, 0.15) is 72.1 Å². The van der Waals surface area contributed by atoms with Crippen molar-refractivity contribution in [1.82, 2.24) is 0 Å². The van der Waals surface area contributed by atoms with Crippen molar-refractivity contribution in [2.75, 3.05) is 0 Å². The van der Waals surface area contributed by atoms with Crippen molar-refractivity contribution < 1.29 is 23.8 Å². The molecular formula is C24H32O5. The van der Waals surface area contributed by atoms with Crippen molar-refractivity contribution in [2.45, 2.75) is 79.1 Å². The number of rotatable bonds is 6. The maximum absolute atomic E-state index is 12.6. The molecule has 0 unspecified atom stereocenters. The van der Waals surface area contributed by atoms with Gasteiger partial charge in [-0.15, -0.1) is 0 Å². The van der Waals surface area contributed by atoms with Gasteiger partial charge in [0.2, 0.25) is 0 Å². The van der Waals surface area contributed by atoms with Crippen molar-refractivity contribution in [3.8, 4) is 5.75 Å². The number of benzene rings is 1. The number of ether oxygens (including phenoxy) is 3. The zero-order chi connectivity index (χ0) is 21.8. The fourth-order valence-corrected chi connectivity index (χ4v) is 3.21. The van der Waals surface area contributed by atoms with Crippen LogP contribution in [0.4, 0.5) is 0 Å². The van der Waals surface area contributed by atoms with Crippen LogP contribution in [0, 0.1) is 0 Å². The van der Waals surface area contributed by atoms with Gasteiger partial charge < -0.3 is 14.2 Å². The largest absolute Gasteiger partial charge is 0.483 e. The number of hydrogen-bond donors (Lipinski definition) is 0. The number of carbonyl (C=O) groups is 2. The molecule has 0 saturated carbocycles. The maximum Gasteiger partial charge on any atom is 0.334 e. The number of esters is 2. The van der Waals surface area contributed by atoms with Crippen molar-refractivity contribution in [3.05, 3.63) is 52.6 Å². The molecule has 5 heteroatoms. The molecule has 1 aliphatic rings. The van der Waals surface area contributed by atoms with Gasteiger partial charge in [-0.1, -0.05) is 31.6 Å². The maximum atomic E-state index is 12.6. The lowest BCUT2D eigenvalue weighted by molar-refractivity contribution is -0.185. The Labute approximate surface area is 173 Å². The first kappa shape index (κ1) is 22.7. The Kier molecular flexibility index (Phi) is 7.28. The zero-order valence-electron chi connectivity index (χ0n) is 18.5. The summed E-state index contributed by atoms with van der Waals surface area (Å²) in [5.74, 6) is -0.252. The van der Waals surface area contributed by atoms with Crippen LogP contribution in [0.5, 0.6) is 5.75 Å². The van der Waals surface area contributed by atoms with E-state index in [2.05, 4.69) is 6.92 Å². The Balaban J connectivity index is 2.54. The van der Waals surface area contributed by atoms with E-state index in [4.69, 9.17) is 14.2 Å². The van der Waals surface area contributed by atoms with Crippen molar-refractivity contribution in [3.63, 3.8) is 0 Å². The highest BCUT2D eigenvalue weighted by Crippen LogP contribution is 2.44. The molecule has 5 nitrogen and oxygen atoms in total. The minimum atomic E-state index is -0.877. The molecule has 2 atom stereocenters. The van der Waals surface area contributed by atoms with Gasteiger partial charge in [0.25, 0.3) is 0 Å². The topological polar surface area (TPSA) is 61.8 Å². The van der Waals surface area contributed by atoms with E-state index in [0.717, 1.165) is 24.0 Å². The third kappa shape index (κ3) is 5.08. The minimum Gasteiger partial charge on any atom is -0.483 e. The number of aryl methyl sites for hydroxylation is 1. The second-order valence-corrected chi connectivity index (χ2v) is 7.92. The molecule has 0 fully saturated rings. The monoisotopic (exact) mass is 400 g/mol. The molecule has 158 valence electrons. The third-order valence-electron chi connectivity index (χ3n) is 5.23. The Hall–Kier alpha value is -2.56. The summed E-state index contributed by atoms with van der Waals surface area (Å²) in [4.78, 5) is 25.1. The minimum absolute atomic E-state index is 0.439. The average Bonchev–Trinajstić information content (AvgIpc) is 2.69. The van der Waals surface area contributed by atoms with E-state index in [1.807, 2.05) is 32.0 Å². The normalized spacial score (nSPS) is 21.1. The highest BCUT2D eigenvalue weighted by atomic mass is 16.6. The SMILES string of the molecule is C/C=C(\C)C(=O)O[C@H]1c2cc(CCC)ccc2OC(C)(C)[C@H]1OC(=O)/C(C)=C/C. The molecular weight excluding hydrogens is 368 g/mol. The summed E-state index contributed by atoms with van der Waals surface area (Å²) in [7, 11) is 0. The fourth-order valence-electron chi connectivity index (χ4n) is 3.21. The van der Waals surface area contributed by atoms with E-state index in [1.165, 1.54) is 0 Å². The van der Waals surface area contributed by atoms with Crippen LogP contribution in [0.15, 0.2) is 41.5 Å². The van der Waals surface area contributed by atoms with E-state index >= 15 is 0 Å². The lowest BCUT2D eigenvalue weighted by Gasteiger charge is -2.43. The first-order valence-electron chi connectivity index (χ1n) is 10.1. The number of allylic oxidation sites excluding steroid dienone is 2. The van der Waals surface area contributed by atoms with Crippen LogP contribution in [-0.4, -0.2) is 23.6 Å². The molecule has 0 saturated heterocycles. The molecule has 0 spiro atoms. The Morgan fingerprint density at radius 2 is 1.66 bits per heavy atom. The van der Waals surface area contributed by atoms with Crippen LogP contribution < -0.4 is 4.74 Å². The molecule has 0 aromatic heterocycles. The summed E-state index contributed by atoms with van der Waals surface area (Å²) in [6.07, 6.45) is 3.73. The van der Waals surface area contributed by atoms with E-state index < -0.39 is 29.7 Å². The Bertz CT molecular complexity index is 832. The van der Waals surface area contributed by atoms with Crippen molar-refractivity contribution in [1.29, 1.82) is 0 Å². The molecule has 0 radical (unpaired) electrons. The van der Waals surface area contributed by atoms with Gasteiger partial charge in [-0.25, -0.2) is 9.59 Å². The molecule has 1 aromatic rings. The first-order chi connectivity index (χ1) is 13.6. The number of fused-ring (bicyclic) bond motifs is 1. The highest BCUT2D eigenvalue weighted by Gasteiger charge is 2.49. The molecule has 1 aromatic carbocycles. The van der Waals surface area contributed by atoms with Gasteiger partial charge in [0, 0.05) is 16.7 Å². The standard InChI is InChI=1S/C24H32O5/c1-8-11-17-12-13-19-18(14-17)20(27-22(25)15(4)9-2)21(24(6,7)29-19)28-23(26)16(5)10-3/h9-10,12-14,20-21H,8,11H2,1-7H3/b15-9+,16-10+/t20-,21-/m0/s1. The van der Waals surface area contributed by atoms with E-state index in [0.29, 0.717) is 16.9 Å². The van der Waals surface area contributed by atoms with Crippen LogP contribution >= 0.6 is 0 Å². The van der Waals surface area contributed by atoms with Gasteiger partial charge in [0.1, 0.15) is 11.4 Å². The summed E-state index contributed by atoms with van der Waals surface area (Å²) in [6, 6.07) is 5.91. The Morgan fingerprint density at radius 1 is 1.07 bits per heavy atom. The second kappa shape index (κ2) is 9.29. The average molecular weight is 401 g/mol. The van der Waals surface area contributed by atoms with Gasteiger partial charge in [0.05, 0.1) is 0 Å². The van der Waals surface area contributed by atoms with E-state index in [1.54, 1.807) is 39.8 Å². The molecule has 2 rings (SSSR count). The van der Waals surface area contributed by atoms with E-state index in [-0.39, 0.29) is 0 Å². The summed E-state index contributed by atoms with van der Waals surface area (Å²) in [6.45, 7) is 12.7. The van der Waals surface area contributed by atoms with Crippen LogP contribution in [0.2, 0.25) is 0 Å². The van der Waals surface area contributed by atoms with Gasteiger partial charge >= 0.3 is 11.9 Å². The quantitative estimate of drug-likeness (QED) is 0.483. The lowest BCUT2D eigenvalue weighted by Crippen LogP contribution is -2.52. The number of carbonyl (C=O) groups excluding carboxylic acids is 2. The fraction of sp³-hybridized carbons (Fsp3) is 0.500. The predicted molar refractivity (Wildman–Crippen MR) is 113 cm³/mol. The first-order valence-corrected chi connectivity index (χ1v) is 10.1. The second-order valence-electron chi connectivity index (χ2n) is 7.92. The number of hydrogen-bond acceptors (Lipinski definition) is 5. The highest BCUT2D eigenvalue weighted by molar-refractivity contribution is 5.89. The summed E-state index contributed by atoms with van der Waals surface area (Å²) in [5.41, 5.74) is 1.95. The molecule has 0 N–H and O–H groups in total. The van der Waals surface area contributed by atoms with Crippen LogP contribution in [-0.2, 0) is 25.5 Å². The lowest BCUT2D eigenvalue weighted by atomic mass is 9.87. The van der Waals surface area contributed by atoms with Crippen LogP contribution in [0.25, 0.3) is 0 Å². The summed E-state index contributed by atoms with van der Waals surface area (Å²) in [5, 5.41) is 0. The van der Waals surface area contributed by atoms with Gasteiger partial charge in [-0.2, -0.15) is 0 Å². The van der Waals surface area contributed by atoms with Crippen LogP contribution in [0.3, 0.4) is 0 Å². The molecule has 1 heterocycles. The predicted octanol–water partition coefficient (Wildman–Crippen LogP) is 5.24. The third-order valence-corrected chi connectivity index (χ3v) is 5.23. The molecule has 0 aliphatic carbocycles. The van der Waals surface area contributed by atoms with Gasteiger partial charge in [0.15, 0.2) is 12.2 Å². The van der Waals surface area contributed by atoms with E-state index in [9.17, 15) is 9.59 Å². The van der Waals surface area contributed by atoms with Crippen molar-refractivity contribution in [2.24, 2.45) is 0 Å². The van der Waals surface area contributed by atoms with Gasteiger partial charge in [-0.05, 0) is 65.7 Å².